The van der Waals surface area contributed by atoms with Crippen molar-refractivity contribution in [3.05, 3.63) is 53.1 Å². The maximum absolute atomic E-state index is 6.18. The average molecular weight is 307 g/mol. The highest BCUT2D eigenvalue weighted by molar-refractivity contribution is 7.80. The molecule has 0 bridgehead atoms. The number of rotatable bonds is 4. The maximum atomic E-state index is 6.18. The van der Waals surface area contributed by atoms with Gasteiger partial charge in [-0.1, -0.05) is 29.9 Å². The molecule has 0 saturated heterocycles. The first kappa shape index (κ1) is 14.6. The van der Waals surface area contributed by atoms with Gasteiger partial charge in [0.05, 0.1) is 5.02 Å². The van der Waals surface area contributed by atoms with Crippen LogP contribution in [0.1, 0.15) is 5.56 Å². The average Bonchev–Trinajstić information content (AvgIpc) is 2.41. The van der Waals surface area contributed by atoms with Crippen molar-refractivity contribution in [3.8, 4) is 11.5 Å². The second-order valence-electron chi connectivity index (χ2n) is 4.50. The van der Waals surface area contributed by atoms with Crippen LogP contribution in [0, 0.1) is 0 Å². The molecule has 3 nitrogen and oxygen atoms in total. The van der Waals surface area contributed by atoms with Crippen molar-refractivity contribution in [1.82, 2.24) is 0 Å². The van der Waals surface area contributed by atoms with Gasteiger partial charge in [-0.15, -0.1) is 0 Å². The van der Waals surface area contributed by atoms with Crippen LogP contribution in [0.2, 0.25) is 5.02 Å². The number of benzene rings is 2. The second kappa shape index (κ2) is 6.11. The van der Waals surface area contributed by atoms with E-state index in [1.807, 2.05) is 43.3 Å². The Morgan fingerprint density at radius 2 is 1.95 bits per heavy atom. The first-order chi connectivity index (χ1) is 9.47. The highest BCUT2D eigenvalue weighted by Crippen LogP contribution is 2.31. The molecule has 0 aliphatic carbocycles. The predicted molar refractivity (Wildman–Crippen MR) is 88.2 cm³/mol. The maximum Gasteiger partial charge on any atom is 0.146 e. The Balaban J connectivity index is 2.26. The predicted octanol–water partition coefficient (Wildman–Crippen LogP) is 3.83. The highest BCUT2D eigenvalue weighted by atomic mass is 35.5. The zero-order valence-corrected chi connectivity index (χ0v) is 12.8. The lowest BCUT2D eigenvalue weighted by molar-refractivity contribution is 0.483. The van der Waals surface area contributed by atoms with Crippen LogP contribution in [0.15, 0.2) is 42.5 Å². The van der Waals surface area contributed by atoms with E-state index in [0.29, 0.717) is 15.8 Å². The third-order valence-corrected chi connectivity index (χ3v) is 3.31. The smallest absolute Gasteiger partial charge is 0.146 e. The number of ether oxygens (including phenoxy) is 1. The molecule has 0 fully saturated rings. The fourth-order valence-corrected chi connectivity index (χ4v) is 2.04. The van der Waals surface area contributed by atoms with Crippen LogP contribution in [0.5, 0.6) is 11.5 Å². The van der Waals surface area contributed by atoms with Gasteiger partial charge in [0.1, 0.15) is 16.5 Å². The molecule has 0 aromatic heterocycles. The number of thiocarbonyl (C=S) groups is 1. The number of anilines is 1. The molecule has 2 aromatic rings. The Morgan fingerprint density at radius 3 is 2.55 bits per heavy atom. The van der Waals surface area contributed by atoms with Crippen LogP contribution < -0.4 is 15.4 Å². The van der Waals surface area contributed by atoms with Crippen LogP contribution >= 0.6 is 23.8 Å². The summed E-state index contributed by atoms with van der Waals surface area (Å²) in [5.41, 5.74) is 7.34. The lowest BCUT2D eigenvalue weighted by Gasteiger charge is -2.14. The van der Waals surface area contributed by atoms with Gasteiger partial charge >= 0.3 is 0 Å². The van der Waals surface area contributed by atoms with Gasteiger partial charge < -0.3 is 15.4 Å². The fraction of sp³-hybridized carbons (Fsp3) is 0.133. The zero-order chi connectivity index (χ0) is 14.7. The summed E-state index contributed by atoms with van der Waals surface area (Å²) in [6.07, 6.45) is 0. The summed E-state index contributed by atoms with van der Waals surface area (Å²) >= 11 is 11.1. The summed E-state index contributed by atoms with van der Waals surface area (Å²) < 4.78 is 5.79. The summed E-state index contributed by atoms with van der Waals surface area (Å²) in [6, 6.07) is 13.0. The van der Waals surface area contributed by atoms with E-state index in [2.05, 4.69) is 0 Å². The summed E-state index contributed by atoms with van der Waals surface area (Å²) in [4.78, 5) is 2.32. The molecule has 5 heteroatoms. The number of halogens is 1. The van der Waals surface area contributed by atoms with Crippen LogP contribution in [0.4, 0.5) is 5.69 Å². The monoisotopic (exact) mass is 306 g/mol. The van der Waals surface area contributed by atoms with E-state index in [4.69, 9.17) is 34.3 Å². The molecule has 2 aromatic carbocycles. The third-order valence-electron chi connectivity index (χ3n) is 2.78. The van der Waals surface area contributed by atoms with Crippen molar-refractivity contribution in [1.29, 1.82) is 0 Å². The molecule has 0 unspecified atom stereocenters. The van der Waals surface area contributed by atoms with E-state index >= 15 is 0 Å². The molecule has 0 aliphatic heterocycles. The minimum atomic E-state index is 0.313. The Kier molecular flexibility index (Phi) is 4.47. The largest absolute Gasteiger partial charge is 0.456 e. The molecule has 0 amide bonds. The highest BCUT2D eigenvalue weighted by Gasteiger charge is 2.07. The van der Waals surface area contributed by atoms with Gasteiger partial charge in [0, 0.05) is 31.4 Å². The second-order valence-corrected chi connectivity index (χ2v) is 5.35. The topological polar surface area (TPSA) is 38.5 Å². The molecule has 0 heterocycles. The lowest BCUT2D eigenvalue weighted by atomic mass is 10.2. The minimum absolute atomic E-state index is 0.313. The molecule has 0 atom stereocenters. The van der Waals surface area contributed by atoms with Gasteiger partial charge in [-0.2, -0.15) is 0 Å². The van der Waals surface area contributed by atoms with Gasteiger partial charge in [-0.25, -0.2) is 0 Å². The Labute approximate surface area is 128 Å². The number of nitrogens with zero attached hydrogens (tertiary/aromatic N) is 1. The normalized spacial score (nSPS) is 10.2. The third kappa shape index (κ3) is 3.40. The first-order valence-corrected chi connectivity index (χ1v) is 6.80. The Hall–Kier alpha value is -1.78. The van der Waals surface area contributed by atoms with Crippen molar-refractivity contribution in [2.24, 2.45) is 5.73 Å². The van der Waals surface area contributed by atoms with E-state index in [0.717, 1.165) is 17.0 Å². The van der Waals surface area contributed by atoms with E-state index in [-0.39, 0.29) is 0 Å². The quantitative estimate of drug-likeness (QED) is 0.871. The van der Waals surface area contributed by atoms with Gasteiger partial charge in [-0.3, -0.25) is 0 Å². The SMILES string of the molecule is CN(C)c1cccc(Oc2ccc(C(N)=S)cc2Cl)c1. The molecule has 0 saturated carbocycles. The molecule has 20 heavy (non-hydrogen) atoms. The van der Waals surface area contributed by atoms with Gasteiger partial charge in [0.25, 0.3) is 0 Å². The minimum Gasteiger partial charge on any atom is -0.456 e. The van der Waals surface area contributed by atoms with Crippen LogP contribution in [0.25, 0.3) is 0 Å². The van der Waals surface area contributed by atoms with Crippen LogP contribution in [-0.2, 0) is 0 Å². The molecular weight excluding hydrogens is 292 g/mol. The summed E-state index contributed by atoms with van der Waals surface area (Å²) in [7, 11) is 3.95. The van der Waals surface area contributed by atoms with Gasteiger partial charge in [0.15, 0.2) is 0 Å². The number of hydrogen-bond acceptors (Lipinski definition) is 3. The lowest BCUT2D eigenvalue weighted by Crippen LogP contribution is -2.09. The van der Waals surface area contributed by atoms with Gasteiger partial charge in [-0.05, 0) is 30.3 Å². The van der Waals surface area contributed by atoms with E-state index in [9.17, 15) is 0 Å². The number of nitrogens with two attached hydrogens (primary N) is 1. The van der Waals surface area contributed by atoms with Crippen molar-refractivity contribution in [2.45, 2.75) is 0 Å². The van der Waals surface area contributed by atoms with Crippen molar-refractivity contribution < 1.29 is 4.74 Å². The molecule has 104 valence electrons. The summed E-state index contributed by atoms with van der Waals surface area (Å²) in [5.74, 6) is 1.30. The first-order valence-electron chi connectivity index (χ1n) is 6.02. The van der Waals surface area contributed by atoms with E-state index < -0.39 is 0 Å². The van der Waals surface area contributed by atoms with Crippen molar-refractivity contribution in [3.63, 3.8) is 0 Å². The molecule has 0 radical (unpaired) electrons. The number of hydrogen-bond donors (Lipinski definition) is 1. The molecule has 0 spiro atoms. The molecule has 2 N–H and O–H groups in total. The Bertz CT molecular complexity index is 644. The molecular formula is C15H15ClN2OS. The van der Waals surface area contributed by atoms with Crippen LogP contribution in [-0.4, -0.2) is 19.1 Å². The van der Waals surface area contributed by atoms with E-state index in [1.165, 1.54) is 0 Å². The molecule has 0 aliphatic rings. The van der Waals surface area contributed by atoms with Gasteiger partial charge in [0.2, 0.25) is 0 Å². The van der Waals surface area contributed by atoms with Crippen molar-refractivity contribution in [2.75, 3.05) is 19.0 Å². The Morgan fingerprint density at radius 1 is 1.20 bits per heavy atom. The van der Waals surface area contributed by atoms with Crippen molar-refractivity contribution >= 4 is 34.5 Å². The summed E-state index contributed by atoms with van der Waals surface area (Å²) in [5, 5.41) is 0.477. The fourth-order valence-electron chi connectivity index (χ4n) is 1.69. The molecule has 2 rings (SSSR count). The van der Waals surface area contributed by atoms with Crippen LogP contribution in [0.3, 0.4) is 0 Å². The summed E-state index contributed by atoms with van der Waals surface area (Å²) in [6.45, 7) is 0. The van der Waals surface area contributed by atoms with E-state index in [1.54, 1.807) is 18.2 Å². The standard InChI is InChI=1S/C15H15ClN2OS/c1-18(2)11-4-3-5-12(9-11)19-14-7-6-10(15(17)20)8-13(14)16/h3-9H,1-2H3,(H2,17,20). The zero-order valence-electron chi connectivity index (χ0n) is 11.3.